The standard InChI is InChI=1S/C26H34N6O4/c1-31(2)21-12-6-10-19(15-21)25(35)29-27-23(33)17-8-5-9-18(14-17)24(34)28-30-26(36)20-11-7-13-22(16-20)32(3)4/h6-7,10-13,15-18H,5,8-9,14H2,1-4H3,(H,27,33)(H,28,34)(H,29,35)(H,30,36). The normalized spacial score (nSPS) is 16.9. The first kappa shape index (κ1) is 26.5. The van der Waals surface area contributed by atoms with Gasteiger partial charge < -0.3 is 9.80 Å². The van der Waals surface area contributed by atoms with Crippen LogP contribution in [-0.2, 0) is 9.59 Å². The Labute approximate surface area is 211 Å². The molecule has 2 atom stereocenters. The predicted octanol–water partition coefficient (Wildman–Crippen LogP) is 1.85. The predicted molar refractivity (Wildman–Crippen MR) is 138 cm³/mol. The molecule has 0 heterocycles. The number of carbonyl (C=O) groups excluding carboxylic acids is 4. The van der Waals surface area contributed by atoms with Crippen LogP contribution in [0.2, 0.25) is 0 Å². The summed E-state index contributed by atoms with van der Waals surface area (Å²) in [4.78, 5) is 54.0. The SMILES string of the molecule is CN(C)c1cccc(C(=O)NNC(=O)C2CCCC(C(=O)NNC(=O)c3cccc(N(C)C)c3)C2)c1. The van der Waals surface area contributed by atoms with Crippen LogP contribution in [-0.4, -0.2) is 51.8 Å². The van der Waals surface area contributed by atoms with Crippen molar-refractivity contribution in [2.24, 2.45) is 11.8 Å². The number of rotatable bonds is 6. The first-order valence-electron chi connectivity index (χ1n) is 11.9. The Morgan fingerprint density at radius 2 is 1.08 bits per heavy atom. The minimum atomic E-state index is -0.421. The van der Waals surface area contributed by atoms with Gasteiger partial charge in [-0.25, -0.2) is 0 Å². The van der Waals surface area contributed by atoms with Crippen LogP contribution < -0.4 is 31.5 Å². The van der Waals surface area contributed by atoms with Gasteiger partial charge in [-0.3, -0.25) is 40.9 Å². The van der Waals surface area contributed by atoms with Gasteiger partial charge in [0, 0.05) is 62.5 Å². The number of anilines is 2. The second kappa shape index (κ2) is 12.1. The van der Waals surface area contributed by atoms with E-state index in [0.717, 1.165) is 11.4 Å². The summed E-state index contributed by atoms with van der Waals surface area (Å²) < 4.78 is 0. The lowest BCUT2D eigenvalue weighted by molar-refractivity contribution is -0.131. The van der Waals surface area contributed by atoms with Gasteiger partial charge in [0.15, 0.2) is 0 Å². The Morgan fingerprint density at radius 3 is 1.47 bits per heavy atom. The Hall–Kier alpha value is -4.08. The highest BCUT2D eigenvalue weighted by molar-refractivity contribution is 5.97. The Morgan fingerprint density at radius 1 is 0.667 bits per heavy atom. The average molecular weight is 495 g/mol. The first-order chi connectivity index (χ1) is 17.2. The van der Waals surface area contributed by atoms with Crippen molar-refractivity contribution in [3.63, 3.8) is 0 Å². The third kappa shape index (κ3) is 6.97. The molecule has 2 aromatic carbocycles. The maximum atomic E-state index is 12.7. The Balaban J connectivity index is 1.49. The quantitative estimate of drug-likeness (QED) is 0.455. The van der Waals surface area contributed by atoms with Gasteiger partial charge in [0.05, 0.1) is 0 Å². The van der Waals surface area contributed by atoms with Gasteiger partial charge >= 0.3 is 0 Å². The molecule has 0 saturated heterocycles. The molecule has 10 heteroatoms. The van der Waals surface area contributed by atoms with Crippen LogP contribution in [0.25, 0.3) is 0 Å². The molecule has 2 unspecified atom stereocenters. The van der Waals surface area contributed by atoms with E-state index < -0.39 is 23.7 Å². The number of benzene rings is 2. The van der Waals surface area contributed by atoms with E-state index in [9.17, 15) is 19.2 Å². The fourth-order valence-electron chi connectivity index (χ4n) is 4.10. The van der Waals surface area contributed by atoms with Gasteiger partial charge in [-0.05, 0) is 55.7 Å². The minimum Gasteiger partial charge on any atom is -0.378 e. The van der Waals surface area contributed by atoms with Crippen LogP contribution in [0, 0.1) is 11.8 Å². The molecule has 2 aromatic rings. The number of hydrogen-bond donors (Lipinski definition) is 4. The van der Waals surface area contributed by atoms with Gasteiger partial charge in [0.2, 0.25) is 11.8 Å². The first-order valence-corrected chi connectivity index (χ1v) is 11.9. The zero-order valence-corrected chi connectivity index (χ0v) is 21.1. The Bertz CT molecular complexity index is 1030. The molecule has 3 rings (SSSR count). The smallest absolute Gasteiger partial charge is 0.269 e. The second-order valence-electron chi connectivity index (χ2n) is 9.34. The van der Waals surface area contributed by atoms with Crippen LogP contribution in [0.1, 0.15) is 46.4 Å². The maximum Gasteiger partial charge on any atom is 0.269 e. The zero-order chi connectivity index (χ0) is 26.2. The number of hydrogen-bond acceptors (Lipinski definition) is 6. The molecule has 10 nitrogen and oxygen atoms in total. The molecule has 0 spiro atoms. The topological polar surface area (TPSA) is 123 Å². The van der Waals surface area contributed by atoms with E-state index in [4.69, 9.17) is 0 Å². The molecule has 1 aliphatic rings. The average Bonchev–Trinajstić information content (AvgIpc) is 2.90. The van der Waals surface area contributed by atoms with E-state index in [2.05, 4.69) is 21.7 Å². The number of nitrogens with one attached hydrogen (secondary N) is 4. The summed E-state index contributed by atoms with van der Waals surface area (Å²) in [5.74, 6) is -2.36. The van der Waals surface area contributed by atoms with E-state index in [-0.39, 0.29) is 11.8 Å². The van der Waals surface area contributed by atoms with Gasteiger partial charge in [0.1, 0.15) is 0 Å². The van der Waals surface area contributed by atoms with Gasteiger partial charge in [-0.2, -0.15) is 0 Å². The lowest BCUT2D eigenvalue weighted by Crippen LogP contribution is -2.48. The van der Waals surface area contributed by atoms with Crippen molar-refractivity contribution in [1.29, 1.82) is 0 Å². The van der Waals surface area contributed by atoms with Crippen molar-refractivity contribution in [3.05, 3.63) is 59.7 Å². The van der Waals surface area contributed by atoms with Crippen molar-refractivity contribution in [2.75, 3.05) is 38.0 Å². The number of carbonyl (C=O) groups is 4. The molecule has 36 heavy (non-hydrogen) atoms. The summed E-state index contributed by atoms with van der Waals surface area (Å²) in [6, 6.07) is 14.1. The van der Waals surface area contributed by atoms with Crippen LogP contribution in [0.5, 0.6) is 0 Å². The van der Waals surface area contributed by atoms with Gasteiger partial charge in [-0.1, -0.05) is 18.6 Å². The molecule has 0 aromatic heterocycles. The van der Waals surface area contributed by atoms with E-state index >= 15 is 0 Å². The van der Waals surface area contributed by atoms with Crippen LogP contribution in [0.15, 0.2) is 48.5 Å². The van der Waals surface area contributed by atoms with Crippen molar-refractivity contribution >= 4 is 35.0 Å². The number of nitrogens with zero attached hydrogens (tertiary/aromatic N) is 2. The Kier molecular flexibility index (Phi) is 8.88. The third-order valence-electron chi connectivity index (χ3n) is 6.26. The van der Waals surface area contributed by atoms with E-state index in [0.29, 0.717) is 36.8 Å². The van der Waals surface area contributed by atoms with E-state index in [1.54, 1.807) is 36.4 Å². The van der Waals surface area contributed by atoms with Crippen molar-refractivity contribution < 1.29 is 19.2 Å². The summed E-state index contributed by atoms with van der Waals surface area (Å²) in [6.45, 7) is 0. The molecule has 0 bridgehead atoms. The molecule has 4 amide bonds. The third-order valence-corrected chi connectivity index (χ3v) is 6.26. The molecule has 4 N–H and O–H groups in total. The monoisotopic (exact) mass is 494 g/mol. The molecule has 0 aliphatic heterocycles. The summed E-state index contributed by atoms with van der Waals surface area (Å²) in [7, 11) is 7.51. The fourth-order valence-corrected chi connectivity index (χ4v) is 4.10. The summed E-state index contributed by atoms with van der Waals surface area (Å²) in [5, 5.41) is 0. The molecule has 1 fully saturated rings. The lowest BCUT2D eigenvalue weighted by Gasteiger charge is -2.27. The summed E-state index contributed by atoms with van der Waals surface area (Å²) in [6.07, 6.45) is 2.25. The van der Waals surface area contributed by atoms with E-state index in [1.807, 2.05) is 50.1 Å². The number of hydrazine groups is 2. The van der Waals surface area contributed by atoms with Gasteiger partial charge in [-0.15, -0.1) is 0 Å². The largest absolute Gasteiger partial charge is 0.378 e. The highest BCUT2D eigenvalue weighted by atomic mass is 16.2. The van der Waals surface area contributed by atoms with Crippen molar-refractivity contribution in [3.8, 4) is 0 Å². The highest BCUT2D eigenvalue weighted by Gasteiger charge is 2.31. The minimum absolute atomic E-state index is 0.329. The van der Waals surface area contributed by atoms with Crippen molar-refractivity contribution in [1.82, 2.24) is 21.7 Å². The van der Waals surface area contributed by atoms with E-state index in [1.165, 1.54) is 0 Å². The van der Waals surface area contributed by atoms with Crippen LogP contribution >= 0.6 is 0 Å². The summed E-state index contributed by atoms with van der Waals surface area (Å²) >= 11 is 0. The highest BCUT2D eigenvalue weighted by Crippen LogP contribution is 2.29. The molecule has 1 saturated carbocycles. The van der Waals surface area contributed by atoms with Crippen molar-refractivity contribution in [2.45, 2.75) is 25.7 Å². The second-order valence-corrected chi connectivity index (χ2v) is 9.34. The summed E-state index contributed by atoms with van der Waals surface area (Å²) in [5.41, 5.74) is 12.5. The van der Waals surface area contributed by atoms with Crippen LogP contribution in [0.3, 0.4) is 0 Å². The van der Waals surface area contributed by atoms with Crippen LogP contribution in [0.4, 0.5) is 11.4 Å². The lowest BCUT2D eigenvalue weighted by atomic mass is 9.80. The molecular formula is C26H34N6O4. The number of amides is 4. The molecule has 192 valence electrons. The molecular weight excluding hydrogens is 460 g/mol. The molecule has 0 radical (unpaired) electrons. The maximum absolute atomic E-state index is 12.7. The molecule has 1 aliphatic carbocycles. The fraction of sp³-hybridized carbons (Fsp3) is 0.385. The zero-order valence-electron chi connectivity index (χ0n) is 21.1. The van der Waals surface area contributed by atoms with Gasteiger partial charge in [0.25, 0.3) is 11.8 Å².